The van der Waals surface area contributed by atoms with Crippen LogP contribution in [-0.4, -0.2) is 43.8 Å². The van der Waals surface area contributed by atoms with Gasteiger partial charge < -0.3 is 15.1 Å². The molecule has 1 amide bonds. The zero-order valence-electron chi connectivity index (χ0n) is 19.9. The fourth-order valence-corrected chi connectivity index (χ4v) is 4.42. The second-order valence-corrected chi connectivity index (χ2v) is 8.74. The number of nitro benzene ring substituents is 1. The zero-order chi connectivity index (χ0) is 24.9. The summed E-state index contributed by atoms with van der Waals surface area (Å²) in [5.74, 6) is -0.814. The van der Waals surface area contributed by atoms with Crippen molar-refractivity contribution in [1.82, 2.24) is 5.32 Å². The van der Waals surface area contributed by atoms with Crippen molar-refractivity contribution >= 4 is 28.8 Å². The molecule has 35 heavy (non-hydrogen) atoms. The molecule has 0 saturated carbocycles. The quantitative estimate of drug-likeness (QED) is 0.296. The summed E-state index contributed by atoms with van der Waals surface area (Å²) in [6, 6.07) is 18.9. The normalized spacial score (nSPS) is 12.9. The Labute approximate surface area is 204 Å². The van der Waals surface area contributed by atoms with E-state index in [1.54, 1.807) is 55.4 Å². The first-order chi connectivity index (χ1) is 16.9. The summed E-state index contributed by atoms with van der Waals surface area (Å²) in [4.78, 5) is 41.4. The van der Waals surface area contributed by atoms with Crippen LogP contribution in [0.1, 0.15) is 44.7 Å². The molecule has 0 radical (unpaired) electrons. The van der Waals surface area contributed by atoms with Crippen molar-refractivity contribution in [3.05, 3.63) is 99.1 Å². The lowest BCUT2D eigenvalue weighted by Crippen LogP contribution is -2.27. The van der Waals surface area contributed by atoms with Crippen LogP contribution in [-0.2, 0) is 6.54 Å². The van der Waals surface area contributed by atoms with E-state index in [4.69, 9.17) is 0 Å². The molecule has 1 N–H and O–H groups in total. The van der Waals surface area contributed by atoms with Gasteiger partial charge in [0, 0.05) is 56.6 Å². The van der Waals surface area contributed by atoms with Crippen molar-refractivity contribution < 1.29 is 14.5 Å². The van der Waals surface area contributed by atoms with Gasteiger partial charge in [0.1, 0.15) is 5.69 Å². The fraction of sp³-hybridized carbons (Fsp3) is 0.259. The maximum Gasteiger partial charge on any atom is 0.293 e. The molecule has 3 aromatic carbocycles. The summed E-state index contributed by atoms with van der Waals surface area (Å²) in [7, 11) is 3.40. The van der Waals surface area contributed by atoms with Gasteiger partial charge in [0.25, 0.3) is 11.6 Å². The number of nitrogens with zero attached hydrogens (tertiary/aromatic N) is 3. The van der Waals surface area contributed by atoms with Crippen LogP contribution in [0.4, 0.5) is 17.1 Å². The van der Waals surface area contributed by atoms with Gasteiger partial charge in [-0.05, 0) is 42.7 Å². The van der Waals surface area contributed by atoms with Gasteiger partial charge >= 0.3 is 0 Å². The number of nitrogens with one attached hydrogen (secondary N) is 1. The van der Waals surface area contributed by atoms with Gasteiger partial charge in [0.05, 0.1) is 10.5 Å². The number of benzene rings is 3. The molecule has 1 aliphatic heterocycles. The highest BCUT2D eigenvalue weighted by atomic mass is 16.6. The van der Waals surface area contributed by atoms with Crippen LogP contribution in [0.15, 0.2) is 66.7 Å². The van der Waals surface area contributed by atoms with E-state index in [1.165, 1.54) is 6.07 Å². The molecule has 3 aromatic rings. The van der Waals surface area contributed by atoms with Gasteiger partial charge in [-0.25, -0.2) is 0 Å². The van der Waals surface area contributed by atoms with Crippen molar-refractivity contribution in [1.29, 1.82) is 0 Å². The third kappa shape index (κ3) is 5.16. The number of anilines is 2. The first kappa shape index (κ1) is 23.9. The van der Waals surface area contributed by atoms with Crippen LogP contribution in [0.5, 0.6) is 0 Å². The molecule has 8 nitrogen and oxygen atoms in total. The van der Waals surface area contributed by atoms with E-state index in [9.17, 15) is 19.7 Å². The Morgan fingerprint density at radius 1 is 0.971 bits per heavy atom. The van der Waals surface area contributed by atoms with Crippen molar-refractivity contribution in [3.63, 3.8) is 0 Å². The first-order valence-corrected chi connectivity index (χ1v) is 11.6. The van der Waals surface area contributed by atoms with Gasteiger partial charge in [-0.15, -0.1) is 0 Å². The number of carbonyl (C=O) groups excluding carboxylic acids is 2. The number of hydrogen-bond donors (Lipinski definition) is 1. The number of hydrogen-bond acceptors (Lipinski definition) is 6. The molecule has 1 saturated heterocycles. The van der Waals surface area contributed by atoms with E-state index in [1.807, 2.05) is 18.2 Å². The largest absolute Gasteiger partial charge is 0.372 e. The first-order valence-electron chi connectivity index (χ1n) is 11.6. The average Bonchev–Trinajstić information content (AvgIpc) is 3.41. The van der Waals surface area contributed by atoms with E-state index in [0.29, 0.717) is 12.2 Å². The Morgan fingerprint density at radius 3 is 2.31 bits per heavy atom. The van der Waals surface area contributed by atoms with Crippen molar-refractivity contribution in [2.24, 2.45) is 0 Å². The van der Waals surface area contributed by atoms with Crippen LogP contribution in [0.25, 0.3) is 0 Å². The summed E-state index contributed by atoms with van der Waals surface area (Å²) in [5.41, 5.74) is 2.95. The van der Waals surface area contributed by atoms with Crippen molar-refractivity contribution in [2.75, 3.05) is 37.0 Å². The summed E-state index contributed by atoms with van der Waals surface area (Å²) >= 11 is 0. The Kier molecular flexibility index (Phi) is 7.10. The summed E-state index contributed by atoms with van der Waals surface area (Å²) < 4.78 is 0. The molecule has 0 bridgehead atoms. The minimum absolute atomic E-state index is 0.155. The Bertz CT molecular complexity index is 1270. The average molecular weight is 473 g/mol. The van der Waals surface area contributed by atoms with Crippen LogP contribution < -0.4 is 15.1 Å². The third-order valence-electron chi connectivity index (χ3n) is 6.21. The fourth-order valence-electron chi connectivity index (χ4n) is 4.42. The topological polar surface area (TPSA) is 95.8 Å². The van der Waals surface area contributed by atoms with Gasteiger partial charge in [-0.1, -0.05) is 36.4 Å². The molecule has 0 aromatic heterocycles. The molecule has 8 heteroatoms. The van der Waals surface area contributed by atoms with Gasteiger partial charge in [0.2, 0.25) is 0 Å². The molecule has 0 aliphatic carbocycles. The van der Waals surface area contributed by atoms with E-state index < -0.39 is 10.7 Å². The molecular formula is C27H28N4O4. The minimum Gasteiger partial charge on any atom is -0.372 e. The van der Waals surface area contributed by atoms with Crippen LogP contribution in [0.3, 0.4) is 0 Å². The maximum absolute atomic E-state index is 13.3. The second-order valence-electron chi connectivity index (χ2n) is 8.74. The molecule has 0 atom stereocenters. The standard InChI is InChI=1S/C27H28N4O4/c1-29(2)24-14-13-19(17-25(24)31(34)35)26(32)21-10-4-5-11-22(21)27(33)28-18-20-9-3-6-12-23(20)30-15-7-8-16-30/h3-6,9-14,17H,7-8,15-16,18H2,1-2H3,(H,28,33). The maximum atomic E-state index is 13.3. The lowest BCUT2D eigenvalue weighted by molar-refractivity contribution is -0.384. The second kappa shape index (κ2) is 10.4. The van der Waals surface area contributed by atoms with Gasteiger partial charge in [-0.3, -0.25) is 19.7 Å². The number of amides is 1. The Balaban J connectivity index is 1.57. The molecule has 1 aliphatic rings. The van der Waals surface area contributed by atoms with E-state index >= 15 is 0 Å². The third-order valence-corrected chi connectivity index (χ3v) is 6.21. The van der Waals surface area contributed by atoms with Crippen molar-refractivity contribution in [3.8, 4) is 0 Å². The molecule has 180 valence electrons. The van der Waals surface area contributed by atoms with Gasteiger partial charge in [0.15, 0.2) is 5.78 Å². The monoisotopic (exact) mass is 472 g/mol. The van der Waals surface area contributed by atoms with E-state index in [2.05, 4.69) is 16.3 Å². The highest BCUT2D eigenvalue weighted by molar-refractivity contribution is 6.15. The predicted octanol–water partition coefficient (Wildman–Crippen LogP) is 4.42. The van der Waals surface area contributed by atoms with E-state index in [-0.39, 0.29) is 28.3 Å². The van der Waals surface area contributed by atoms with Crippen LogP contribution in [0.2, 0.25) is 0 Å². The summed E-state index contributed by atoms with van der Waals surface area (Å²) in [6.07, 6.45) is 2.31. The molecule has 4 rings (SSSR count). The number of nitro groups is 1. The van der Waals surface area contributed by atoms with E-state index in [0.717, 1.165) is 37.2 Å². The number of rotatable bonds is 8. The molecule has 1 heterocycles. The van der Waals surface area contributed by atoms with Crippen molar-refractivity contribution in [2.45, 2.75) is 19.4 Å². The summed E-state index contributed by atoms with van der Waals surface area (Å²) in [5, 5.41) is 14.5. The predicted molar refractivity (Wildman–Crippen MR) is 136 cm³/mol. The lowest BCUT2D eigenvalue weighted by atomic mass is 9.97. The molecular weight excluding hydrogens is 444 g/mol. The smallest absolute Gasteiger partial charge is 0.293 e. The van der Waals surface area contributed by atoms with Gasteiger partial charge in [-0.2, -0.15) is 0 Å². The highest BCUT2D eigenvalue weighted by Gasteiger charge is 2.23. The number of carbonyl (C=O) groups is 2. The lowest BCUT2D eigenvalue weighted by Gasteiger charge is -2.21. The molecule has 0 unspecified atom stereocenters. The number of ketones is 1. The Morgan fingerprint density at radius 2 is 1.63 bits per heavy atom. The summed E-state index contributed by atoms with van der Waals surface area (Å²) in [6.45, 7) is 2.33. The van der Waals surface area contributed by atoms with Crippen LogP contribution in [0, 0.1) is 10.1 Å². The molecule has 1 fully saturated rings. The number of para-hydroxylation sites is 1. The molecule has 0 spiro atoms. The SMILES string of the molecule is CN(C)c1ccc(C(=O)c2ccccc2C(=O)NCc2ccccc2N2CCCC2)cc1[N+](=O)[O-]. The zero-order valence-corrected chi connectivity index (χ0v) is 19.9. The van der Waals surface area contributed by atoms with Crippen LogP contribution >= 0.6 is 0 Å². The minimum atomic E-state index is -0.511. The Hall–Kier alpha value is -4.20. The highest BCUT2D eigenvalue weighted by Crippen LogP contribution is 2.29.